The summed E-state index contributed by atoms with van der Waals surface area (Å²) in [5, 5.41) is 11.7. The summed E-state index contributed by atoms with van der Waals surface area (Å²) in [7, 11) is 0. The molecule has 4 nitrogen and oxygen atoms in total. The highest BCUT2D eigenvalue weighted by Gasteiger charge is 2.31. The summed E-state index contributed by atoms with van der Waals surface area (Å²) in [4.78, 5) is 14.5. The van der Waals surface area contributed by atoms with E-state index < -0.39 is 17.7 Å². The predicted octanol–water partition coefficient (Wildman–Crippen LogP) is 4.37. The Morgan fingerprint density at radius 2 is 2.10 bits per heavy atom. The Morgan fingerprint density at radius 3 is 2.70 bits per heavy atom. The van der Waals surface area contributed by atoms with Crippen LogP contribution in [0.15, 0.2) is 28.2 Å². The molecule has 2 aromatic rings. The molecule has 0 radical (unpaired) electrons. The average Bonchev–Trinajstić information content (AvgIpc) is 2.78. The quantitative estimate of drug-likeness (QED) is 0.846. The van der Waals surface area contributed by atoms with Crippen molar-refractivity contribution in [2.45, 2.75) is 6.18 Å². The molecule has 0 fully saturated rings. The number of benzene rings is 1. The molecule has 20 heavy (non-hydrogen) atoms. The van der Waals surface area contributed by atoms with Gasteiger partial charge in [-0.25, -0.2) is 9.78 Å². The van der Waals surface area contributed by atoms with Crippen molar-refractivity contribution in [2.75, 3.05) is 5.32 Å². The minimum atomic E-state index is -4.47. The summed E-state index contributed by atoms with van der Waals surface area (Å²) in [6, 6.07) is 3.07. The highest BCUT2D eigenvalue weighted by molar-refractivity contribution is 9.10. The first kappa shape index (κ1) is 14.8. The van der Waals surface area contributed by atoms with Crippen molar-refractivity contribution in [2.24, 2.45) is 0 Å². The number of carbonyl (C=O) groups is 1. The average molecular weight is 367 g/mol. The molecule has 0 aliphatic rings. The van der Waals surface area contributed by atoms with Crippen LogP contribution in [0, 0.1) is 0 Å². The number of anilines is 2. The molecule has 2 N–H and O–H groups in total. The van der Waals surface area contributed by atoms with E-state index in [1.165, 1.54) is 11.6 Å². The number of nitrogens with zero attached hydrogens (tertiary/aromatic N) is 1. The van der Waals surface area contributed by atoms with Crippen molar-refractivity contribution in [3.05, 3.63) is 39.4 Å². The monoisotopic (exact) mass is 366 g/mol. The summed E-state index contributed by atoms with van der Waals surface area (Å²) in [5.74, 6) is -1.25. The lowest BCUT2D eigenvalue weighted by atomic mass is 10.2. The van der Waals surface area contributed by atoms with Crippen LogP contribution in [-0.2, 0) is 6.18 Å². The largest absolute Gasteiger partial charge is 0.476 e. The van der Waals surface area contributed by atoms with E-state index in [2.05, 4.69) is 26.2 Å². The number of carboxylic acids is 1. The molecular formula is C11H6BrF3N2O2S. The van der Waals surface area contributed by atoms with Crippen LogP contribution < -0.4 is 5.32 Å². The van der Waals surface area contributed by atoms with Gasteiger partial charge in [-0.3, -0.25) is 0 Å². The molecule has 1 aromatic heterocycles. The minimum Gasteiger partial charge on any atom is -0.476 e. The maximum Gasteiger partial charge on any atom is 0.416 e. The third-order valence-electron chi connectivity index (χ3n) is 2.31. The van der Waals surface area contributed by atoms with E-state index in [1.54, 1.807) is 0 Å². The highest BCUT2D eigenvalue weighted by atomic mass is 79.9. The third kappa shape index (κ3) is 3.10. The summed E-state index contributed by atoms with van der Waals surface area (Å²) in [6.07, 6.45) is -4.47. The Balaban J connectivity index is 2.38. The molecule has 0 saturated carbocycles. The Labute approximate surface area is 123 Å². The van der Waals surface area contributed by atoms with Crippen LogP contribution in [-0.4, -0.2) is 16.1 Å². The number of aromatic carboxylic acids is 1. The molecule has 2 rings (SSSR count). The Hall–Kier alpha value is -1.61. The second-order valence-corrected chi connectivity index (χ2v) is 5.36. The summed E-state index contributed by atoms with van der Waals surface area (Å²) < 4.78 is 38.3. The van der Waals surface area contributed by atoms with Crippen molar-refractivity contribution >= 4 is 43.9 Å². The van der Waals surface area contributed by atoms with Gasteiger partial charge in [0.15, 0.2) is 5.69 Å². The van der Waals surface area contributed by atoms with Crippen molar-refractivity contribution in [3.63, 3.8) is 0 Å². The number of alkyl halides is 3. The van der Waals surface area contributed by atoms with E-state index in [0.717, 1.165) is 23.5 Å². The fraction of sp³-hybridized carbons (Fsp3) is 0.0909. The summed E-state index contributed by atoms with van der Waals surface area (Å²) in [6.45, 7) is 0. The maximum atomic E-state index is 12.6. The van der Waals surface area contributed by atoms with Gasteiger partial charge in [-0.15, -0.1) is 11.3 Å². The normalized spacial score (nSPS) is 11.4. The lowest BCUT2D eigenvalue weighted by Crippen LogP contribution is -2.06. The minimum absolute atomic E-state index is 0.117. The van der Waals surface area contributed by atoms with Gasteiger partial charge in [0.05, 0.1) is 16.8 Å². The fourth-order valence-electron chi connectivity index (χ4n) is 1.41. The van der Waals surface area contributed by atoms with Gasteiger partial charge in [0.2, 0.25) is 0 Å². The molecule has 0 spiro atoms. The Bertz CT molecular complexity index is 657. The topological polar surface area (TPSA) is 62.2 Å². The first-order valence-corrected chi connectivity index (χ1v) is 6.77. The van der Waals surface area contributed by atoms with Gasteiger partial charge in [-0.05, 0) is 34.1 Å². The third-order valence-corrected chi connectivity index (χ3v) is 3.75. The molecule has 1 aromatic carbocycles. The molecular weight excluding hydrogens is 361 g/mol. The molecule has 0 bridgehead atoms. The zero-order valence-corrected chi connectivity index (χ0v) is 11.9. The van der Waals surface area contributed by atoms with E-state index in [1.807, 2.05) is 0 Å². The smallest absolute Gasteiger partial charge is 0.416 e. The van der Waals surface area contributed by atoms with Crippen LogP contribution >= 0.6 is 27.3 Å². The van der Waals surface area contributed by atoms with Gasteiger partial charge in [0, 0.05) is 4.47 Å². The van der Waals surface area contributed by atoms with Crippen LogP contribution in [0.1, 0.15) is 16.1 Å². The molecule has 9 heteroatoms. The van der Waals surface area contributed by atoms with Gasteiger partial charge in [-0.2, -0.15) is 13.2 Å². The van der Waals surface area contributed by atoms with Crippen LogP contribution in [0.5, 0.6) is 0 Å². The van der Waals surface area contributed by atoms with Crippen molar-refractivity contribution in [1.82, 2.24) is 4.98 Å². The second-order valence-electron chi connectivity index (χ2n) is 3.65. The maximum absolute atomic E-state index is 12.6. The fourth-order valence-corrected chi connectivity index (χ4v) is 2.44. The van der Waals surface area contributed by atoms with E-state index in [-0.39, 0.29) is 16.4 Å². The molecule has 0 unspecified atom stereocenters. The number of aromatic nitrogens is 1. The van der Waals surface area contributed by atoms with Gasteiger partial charge >= 0.3 is 12.1 Å². The van der Waals surface area contributed by atoms with Gasteiger partial charge in [0.1, 0.15) is 5.00 Å². The van der Waals surface area contributed by atoms with Gasteiger partial charge in [0.25, 0.3) is 0 Å². The molecule has 0 atom stereocenters. The standard InChI is InChI=1S/C11H6BrF3N2O2S/c12-6-2-1-5(11(13,14)15)3-7(6)17-9-8(10(18)19)16-4-20-9/h1-4,17H,(H,18,19). The number of halogens is 4. The molecule has 1 heterocycles. The van der Waals surface area contributed by atoms with Gasteiger partial charge < -0.3 is 10.4 Å². The van der Waals surface area contributed by atoms with E-state index in [9.17, 15) is 18.0 Å². The molecule has 0 saturated heterocycles. The van der Waals surface area contributed by atoms with E-state index in [4.69, 9.17) is 5.11 Å². The first-order valence-electron chi connectivity index (χ1n) is 5.09. The van der Waals surface area contributed by atoms with E-state index in [0.29, 0.717) is 4.47 Å². The van der Waals surface area contributed by atoms with Crippen LogP contribution in [0.2, 0.25) is 0 Å². The van der Waals surface area contributed by atoms with Crippen LogP contribution in [0.25, 0.3) is 0 Å². The van der Waals surface area contributed by atoms with Crippen LogP contribution in [0.4, 0.5) is 23.9 Å². The number of rotatable bonds is 3. The number of carboxylic acid groups (broad SMARTS) is 1. The molecule has 0 aliphatic carbocycles. The Morgan fingerprint density at radius 1 is 1.40 bits per heavy atom. The molecule has 106 valence electrons. The van der Waals surface area contributed by atoms with E-state index >= 15 is 0 Å². The van der Waals surface area contributed by atoms with Crippen molar-refractivity contribution in [1.29, 1.82) is 0 Å². The predicted molar refractivity (Wildman–Crippen MR) is 71.5 cm³/mol. The molecule has 0 aliphatic heterocycles. The second kappa shape index (κ2) is 5.41. The SMILES string of the molecule is O=C(O)c1ncsc1Nc1cc(C(F)(F)F)ccc1Br. The lowest BCUT2D eigenvalue weighted by Gasteiger charge is -2.11. The number of nitrogens with one attached hydrogen (secondary N) is 1. The van der Waals surface area contributed by atoms with Crippen molar-refractivity contribution < 1.29 is 23.1 Å². The van der Waals surface area contributed by atoms with Crippen molar-refractivity contribution in [3.8, 4) is 0 Å². The lowest BCUT2D eigenvalue weighted by molar-refractivity contribution is -0.137. The Kier molecular flexibility index (Phi) is 4.00. The number of thiazole rings is 1. The molecule has 0 amide bonds. The summed E-state index contributed by atoms with van der Waals surface area (Å²) >= 11 is 4.10. The number of hydrogen-bond donors (Lipinski definition) is 2. The summed E-state index contributed by atoms with van der Waals surface area (Å²) in [5.41, 5.74) is 0.350. The zero-order valence-electron chi connectivity index (χ0n) is 9.53. The highest BCUT2D eigenvalue weighted by Crippen LogP contribution is 2.36. The zero-order chi connectivity index (χ0) is 14.9. The number of hydrogen-bond acceptors (Lipinski definition) is 4. The van der Waals surface area contributed by atoms with Gasteiger partial charge in [-0.1, -0.05) is 0 Å². The van der Waals surface area contributed by atoms with Crippen LogP contribution in [0.3, 0.4) is 0 Å². The first-order chi connectivity index (χ1) is 9.29.